The van der Waals surface area contributed by atoms with Gasteiger partial charge >= 0.3 is 0 Å². The van der Waals surface area contributed by atoms with Gasteiger partial charge in [-0.25, -0.2) is 0 Å². The lowest BCUT2D eigenvalue weighted by Crippen LogP contribution is -2.42. The molecule has 4 nitrogen and oxygen atoms in total. The van der Waals surface area contributed by atoms with Crippen LogP contribution >= 0.6 is 0 Å². The van der Waals surface area contributed by atoms with Crippen molar-refractivity contribution in [3.8, 4) is 5.75 Å². The smallest absolute Gasteiger partial charge is 0.256 e. The van der Waals surface area contributed by atoms with E-state index in [4.69, 9.17) is 9.47 Å². The number of hydrogen-bond donors (Lipinski definition) is 1. The van der Waals surface area contributed by atoms with Crippen LogP contribution in [0.1, 0.15) is 45.2 Å². The third-order valence-corrected chi connectivity index (χ3v) is 3.62. The van der Waals surface area contributed by atoms with Crippen molar-refractivity contribution in [2.45, 2.75) is 53.6 Å². The van der Waals surface area contributed by atoms with Crippen LogP contribution in [0.3, 0.4) is 0 Å². The summed E-state index contributed by atoms with van der Waals surface area (Å²) < 4.78 is 11.2. The van der Waals surface area contributed by atoms with Gasteiger partial charge in [0.15, 0.2) is 0 Å². The molecule has 0 spiro atoms. The van der Waals surface area contributed by atoms with Gasteiger partial charge in [0.2, 0.25) is 0 Å². The molecule has 0 aliphatic carbocycles. The molecule has 4 heteroatoms. The molecule has 0 saturated heterocycles. The van der Waals surface area contributed by atoms with E-state index in [-0.39, 0.29) is 5.91 Å². The Labute approximate surface area is 127 Å². The van der Waals surface area contributed by atoms with Gasteiger partial charge in [-0.05, 0) is 64.3 Å². The Hall–Kier alpha value is -1.55. The molecule has 1 rings (SSSR count). The summed E-state index contributed by atoms with van der Waals surface area (Å²) in [6, 6.07) is 3.86. The summed E-state index contributed by atoms with van der Waals surface area (Å²) in [4.78, 5) is 12.4. The molecule has 0 fully saturated rings. The number of amides is 1. The first-order chi connectivity index (χ1) is 9.87. The molecule has 0 aromatic heterocycles. The number of rotatable bonds is 7. The zero-order valence-electron chi connectivity index (χ0n) is 14.0. The molecule has 1 aromatic rings. The summed E-state index contributed by atoms with van der Waals surface area (Å²) in [6.07, 6.45) is 0.627. The molecule has 0 aliphatic heterocycles. The second-order valence-electron chi connectivity index (χ2n) is 5.34. The fourth-order valence-electron chi connectivity index (χ4n) is 2.30. The van der Waals surface area contributed by atoms with E-state index >= 15 is 0 Å². The average Bonchev–Trinajstić information content (AvgIpc) is 2.43. The summed E-state index contributed by atoms with van der Waals surface area (Å²) in [5, 5.41) is 2.95. The van der Waals surface area contributed by atoms with Gasteiger partial charge in [0, 0.05) is 12.3 Å². The molecule has 0 saturated carbocycles. The molecule has 1 atom stereocenters. The Morgan fingerprint density at radius 2 is 1.71 bits per heavy atom. The van der Waals surface area contributed by atoms with Crippen LogP contribution in [-0.2, 0) is 9.53 Å². The van der Waals surface area contributed by atoms with Crippen LogP contribution in [0.25, 0.3) is 0 Å². The Kier molecular flexibility index (Phi) is 6.21. The fraction of sp³-hybridized carbons (Fsp3) is 0.588. The van der Waals surface area contributed by atoms with E-state index < -0.39 is 5.60 Å². The number of carbonyl (C=O) groups excluding carboxylic acids is 1. The Morgan fingerprint density at radius 1 is 1.14 bits per heavy atom. The molecule has 0 bridgehead atoms. The third kappa shape index (κ3) is 4.21. The van der Waals surface area contributed by atoms with Gasteiger partial charge < -0.3 is 14.8 Å². The zero-order chi connectivity index (χ0) is 16.0. The number of anilines is 1. The van der Waals surface area contributed by atoms with Crippen molar-refractivity contribution in [3.05, 3.63) is 23.3 Å². The monoisotopic (exact) mass is 293 g/mol. The summed E-state index contributed by atoms with van der Waals surface area (Å²) in [5.74, 6) is 0.772. The number of carbonyl (C=O) groups is 1. The van der Waals surface area contributed by atoms with Crippen molar-refractivity contribution >= 4 is 11.6 Å². The lowest BCUT2D eigenvalue weighted by Gasteiger charge is -2.27. The molecular formula is C17H27NO3. The van der Waals surface area contributed by atoms with Crippen LogP contribution in [0.15, 0.2) is 12.1 Å². The van der Waals surface area contributed by atoms with Crippen molar-refractivity contribution in [1.82, 2.24) is 0 Å². The highest BCUT2D eigenvalue weighted by Crippen LogP contribution is 2.28. The van der Waals surface area contributed by atoms with Crippen molar-refractivity contribution in [2.24, 2.45) is 0 Å². The van der Waals surface area contributed by atoms with Crippen molar-refractivity contribution < 1.29 is 14.3 Å². The Balaban J connectivity index is 2.96. The second kappa shape index (κ2) is 7.46. The summed E-state index contributed by atoms with van der Waals surface area (Å²) in [5.41, 5.74) is 2.01. The predicted molar refractivity (Wildman–Crippen MR) is 86.0 cm³/mol. The number of ether oxygens (including phenoxy) is 2. The molecule has 1 N–H and O–H groups in total. The minimum Gasteiger partial charge on any atom is -0.493 e. The molecule has 0 unspecified atom stereocenters. The molecule has 21 heavy (non-hydrogen) atoms. The Bertz CT molecular complexity index is 476. The maximum atomic E-state index is 12.4. The predicted octanol–water partition coefficient (Wildman–Crippen LogP) is 3.85. The zero-order valence-corrected chi connectivity index (χ0v) is 14.0. The summed E-state index contributed by atoms with van der Waals surface area (Å²) >= 11 is 0. The molecule has 118 valence electrons. The molecule has 1 aromatic carbocycles. The number of hydrogen-bond acceptors (Lipinski definition) is 3. The SMILES string of the molecule is CCOc1c(C)cc(NC(=O)[C@](C)(CC)OCC)cc1C. The minimum atomic E-state index is -0.796. The number of aryl methyl sites for hydroxylation is 2. The number of benzene rings is 1. The highest BCUT2D eigenvalue weighted by molar-refractivity contribution is 5.97. The second-order valence-corrected chi connectivity index (χ2v) is 5.34. The number of nitrogens with one attached hydrogen (secondary N) is 1. The van der Waals surface area contributed by atoms with Crippen LogP contribution in [0.4, 0.5) is 5.69 Å². The van der Waals surface area contributed by atoms with Crippen LogP contribution in [-0.4, -0.2) is 24.7 Å². The first-order valence-corrected chi connectivity index (χ1v) is 7.57. The quantitative estimate of drug-likeness (QED) is 0.830. The summed E-state index contributed by atoms with van der Waals surface area (Å²) in [7, 11) is 0. The van der Waals surface area contributed by atoms with E-state index in [2.05, 4.69) is 5.32 Å². The average molecular weight is 293 g/mol. The van der Waals surface area contributed by atoms with Gasteiger partial charge in [-0.1, -0.05) is 6.92 Å². The Morgan fingerprint density at radius 3 is 2.14 bits per heavy atom. The lowest BCUT2D eigenvalue weighted by atomic mass is 10.0. The highest BCUT2D eigenvalue weighted by atomic mass is 16.5. The van der Waals surface area contributed by atoms with E-state index in [1.54, 1.807) is 0 Å². The lowest BCUT2D eigenvalue weighted by molar-refractivity contribution is -0.139. The third-order valence-electron chi connectivity index (χ3n) is 3.62. The van der Waals surface area contributed by atoms with Gasteiger partial charge in [0.25, 0.3) is 5.91 Å². The standard InChI is InChI=1S/C17H27NO3/c1-7-17(6,21-9-3)16(19)18-14-10-12(4)15(20-8-2)13(5)11-14/h10-11H,7-9H2,1-6H3,(H,18,19)/t17-/m0/s1. The van der Waals surface area contributed by atoms with E-state index in [9.17, 15) is 4.79 Å². The van der Waals surface area contributed by atoms with Crippen LogP contribution in [0.2, 0.25) is 0 Å². The van der Waals surface area contributed by atoms with E-state index in [1.165, 1.54) is 0 Å². The van der Waals surface area contributed by atoms with Gasteiger partial charge in [0.1, 0.15) is 11.4 Å². The molecule has 0 radical (unpaired) electrons. The maximum absolute atomic E-state index is 12.4. The first-order valence-electron chi connectivity index (χ1n) is 7.57. The largest absolute Gasteiger partial charge is 0.493 e. The molecule has 0 aliphatic rings. The normalized spacial score (nSPS) is 13.6. The molecule has 0 heterocycles. The maximum Gasteiger partial charge on any atom is 0.256 e. The first kappa shape index (κ1) is 17.5. The fourth-order valence-corrected chi connectivity index (χ4v) is 2.30. The van der Waals surface area contributed by atoms with Gasteiger partial charge in [-0.3, -0.25) is 4.79 Å². The van der Waals surface area contributed by atoms with E-state index in [0.29, 0.717) is 19.6 Å². The van der Waals surface area contributed by atoms with Crippen LogP contribution < -0.4 is 10.1 Å². The van der Waals surface area contributed by atoms with Crippen molar-refractivity contribution in [1.29, 1.82) is 0 Å². The summed E-state index contributed by atoms with van der Waals surface area (Å²) in [6.45, 7) is 12.7. The van der Waals surface area contributed by atoms with Gasteiger partial charge in [-0.15, -0.1) is 0 Å². The van der Waals surface area contributed by atoms with Crippen LogP contribution in [0, 0.1) is 13.8 Å². The van der Waals surface area contributed by atoms with Crippen LogP contribution in [0.5, 0.6) is 5.75 Å². The van der Waals surface area contributed by atoms with Gasteiger partial charge in [0.05, 0.1) is 6.61 Å². The van der Waals surface area contributed by atoms with Crippen molar-refractivity contribution in [2.75, 3.05) is 18.5 Å². The van der Waals surface area contributed by atoms with Crippen molar-refractivity contribution in [3.63, 3.8) is 0 Å². The van der Waals surface area contributed by atoms with Gasteiger partial charge in [-0.2, -0.15) is 0 Å². The topological polar surface area (TPSA) is 47.6 Å². The van der Waals surface area contributed by atoms with E-state index in [0.717, 1.165) is 22.6 Å². The highest BCUT2D eigenvalue weighted by Gasteiger charge is 2.31. The van der Waals surface area contributed by atoms with E-state index in [1.807, 2.05) is 53.7 Å². The minimum absolute atomic E-state index is 0.116. The molecule has 1 amide bonds. The molecular weight excluding hydrogens is 266 g/mol.